The highest BCUT2D eigenvalue weighted by Gasteiger charge is 2.37. The van der Waals surface area contributed by atoms with Crippen molar-refractivity contribution in [2.75, 3.05) is 40.0 Å². The molecule has 9 nitrogen and oxygen atoms in total. The summed E-state index contributed by atoms with van der Waals surface area (Å²) in [4.78, 5) is 29.6. The number of likely N-dealkylation sites (tertiary alicyclic amines) is 1. The topological polar surface area (TPSA) is 104 Å². The van der Waals surface area contributed by atoms with Gasteiger partial charge in [-0.25, -0.2) is 4.79 Å². The molecule has 0 aliphatic carbocycles. The molecule has 3 rings (SSSR count). The maximum absolute atomic E-state index is 13.6. The van der Waals surface area contributed by atoms with Crippen molar-refractivity contribution in [2.45, 2.75) is 77.7 Å². The van der Waals surface area contributed by atoms with Crippen LogP contribution < -0.4 is 15.2 Å². The summed E-state index contributed by atoms with van der Waals surface area (Å²) in [7, 11) is 1.59. The van der Waals surface area contributed by atoms with Crippen LogP contribution in [0.3, 0.4) is 0 Å². The second-order valence-corrected chi connectivity index (χ2v) is 11.0. The summed E-state index contributed by atoms with van der Waals surface area (Å²) in [6.45, 7) is 12.1. The third-order valence-corrected chi connectivity index (χ3v) is 6.59. The molecule has 0 aromatic heterocycles. The van der Waals surface area contributed by atoms with E-state index in [1.165, 1.54) is 0 Å². The van der Waals surface area contributed by atoms with Gasteiger partial charge in [-0.05, 0) is 65.7 Å². The fraction of sp³-hybridized carbons (Fsp3) is 0.704. The van der Waals surface area contributed by atoms with Gasteiger partial charge in [-0.1, -0.05) is 0 Å². The second kappa shape index (κ2) is 12.1. The quantitative estimate of drug-likeness (QED) is 0.546. The summed E-state index contributed by atoms with van der Waals surface area (Å²) in [5.74, 6) is 0.961. The van der Waals surface area contributed by atoms with E-state index in [0.717, 1.165) is 25.9 Å². The first kappa shape index (κ1) is 28.1. The van der Waals surface area contributed by atoms with Crippen LogP contribution in [0.5, 0.6) is 11.5 Å². The van der Waals surface area contributed by atoms with Gasteiger partial charge in [0.25, 0.3) is 5.91 Å². The lowest BCUT2D eigenvalue weighted by Crippen LogP contribution is -2.44. The van der Waals surface area contributed by atoms with Crippen LogP contribution in [0.15, 0.2) is 18.2 Å². The highest BCUT2D eigenvalue weighted by Crippen LogP contribution is 2.30. The number of carbonyl (C=O) groups is 2. The molecule has 1 aromatic carbocycles. The predicted molar refractivity (Wildman–Crippen MR) is 138 cm³/mol. The molecule has 2 aliphatic rings. The number of hydrogen-bond donors (Lipinski definition) is 1. The van der Waals surface area contributed by atoms with Crippen LogP contribution in [0.2, 0.25) is 0 Å². The summed E-state index contributed by atoms with van der Waals surface area (Å²) < 4.78 is 22.6. The zero-order valence-electron chi connectivity index (χ0n) is 22.6. The Balaban J connectivity index is 1.67. The average molecular weight is 506 g/mol. The van der Waals surface area contributed by atoms with Crippen molar-refractivity contribution >= 4 is 12.0 Å². The number of ether oxygens (including phenoxy) is 4. The fourth-order valence-electron chi connectivity index (χ4n) is 4.61. The first-order valence-electron chi connectivity index (χ1n) is 13.0. The summed E-state index contributed by atoms with van der Waals surface area (Å²) in [6.07, 6.45) is 2.80. The normalized spacial score (nSPS) is 22.1. The molecule has 0 bridgehead atoms. The molecule has 1 aromatic rings. The highest BCUT2D eigenvalue weighted by molar-refractivity contribution is 5.95. The molecule has 202 valence electrons. The minimum atomic E-state index is -0.572. The van der Waals surface area contributed by atoms with E-state index >= 15 is 0 Å². The third-order valence-electron chi connectivity index (χ3n) is 6.59. The smallest absolute Gasteiger partial charge is 0.410 e. The van der Waals surface area contributed by atoms with E-state index in [-0.39, 0.29) is 36.1 Å². The van der Waals surface area contributed by atoms with Crippen LogP contribution in [0, 0.1) is 5.92 Å². The molecule has 3 atom stereocenters. The lowest BCUT2D eigenvalue weighted by atomic mass is 10.0. The molecule has 0 radical (unpaired) electrons. The van der Waals surface area contributed by atoms with Crippen LogP contribution in [-0.2, 0) is 9.47 Å². The molecule has 2 aliphatic heterocycles. The monoisotopic (exact) mass is 505 g/mol. The summed E-state index contributed by atoms with van der Waals surface area (Å²) in [5.41, 5.74) is 6.34. The van der Waals surface area contributed by atoms with E-state index < -0.39 is 5.60 Å². The Kier molecular flexibility index (Phi) is 9.47. The molecule has 9 heteroatoms. The van der Waals surface area contributed by atoms with Gasteiger partial charge in [0.05, 0.1) is 19.8 Å². The van der Waals surface area contributed by atoms with E-state index in [1.54, 1.807) is 35.1 Å². The van der Waals surface area contributed by atoms with Crippen molar-refractivity contribution in [1.29, 1.82) is 0 Å². The zero-order valence-corrected chi connectivity index (χ0v) is 22.6. The molecular weight excluding hydrogens is 462 g/mol. The van der Waals surface area contributed by atoms with Crippen molar-refractivity contribution < 1.29 is 28.5 Å². The van der Waals surface area contributed by atoms with E-state index in [9.17, 15) is 9.59 Å². The van der Waals surface area contributed by atoms with Crippen molar-refractivity contribution in [3.8, 4) is 11.5 Å². The number of hydrogen-bond acceptors (Lipinski definition) is 7. The molecule has 2 amide bonds. The Hall–Kier alpha value is -2.52. The Morgan fingerprint density at radius 2 is 1.97 bits per heavy atom. The minimum Gasteiger partial charge on any atom is -0.493 e. The largest absolute Gasteiger partial charge is 0.493 e. The van der Waals surface area contributed by atoms with Gasteiger partial charge >= 0.3 is 6.09 Å². The first-order valence-corrected chi connectivity index (χ1v) is 13.0. The fourth-order valence-corrected chi connectivity index (χ4v) is 4.61. The van der Waals surface area contributed by atoms with Gasteiger partial charge in [0.2, 0.25) is 0 Å². The van der Waals surface area contributed by atoms with E-state index in [4.69, 9.17) is 24.7 Å². The molecule has 2 fully saturated rings. The van der Waals surface area contributed by atoms with Crippen molar-refractivity contribution in [2.24, 2.45) is 11.7 Å². The standard InChI is InChI=1S/C27H43N3O6/c1-18(2)30(16-20-15-29(17-22(20)28)26(32)36-27(3,4)5)25(31)19-9-10-23(33-6)24(14-19)35-13-11-21-8-7-12-34-21/h9-10,14,18,20-22H,7-8,11-13,15-17,28H2,1-6H3/t20-,21?,22-/m0/s1. The van der Waals surface area contributed by atoms with Crippen LogP contribution >= 0.6 is 0 Å². The number of methoxy groups -OCH3 is 1. The predicted octanol–water partition coefficient (Wildman–Crippen LogP) is 3.69. The Bertz CT molecular complexity index is 894. The molecule has 0 saturated carbocycles. The number of carbonyl (C=O) groups excluding carboxylic acids is 2. The average Bonchev–Trinajstić information content (AvgIpc) is 3.45. The summed E-state index contributed by atoms with van der Waals surface area (Å²) in [6, 6.07) is 4.97. The van der Waals surface area contributed by atoms with Crippen molar-refractivity contribution in [3.63, 3.8) is 0 Å². The van der Waals surface area contributed by atoms with Gasteiger partial charge < -0.3 is 34.5 Å². The summed E-state index contributed by atoms with van der Waals surface area (Å²) in [5, 5.41) is 0. The van der Waals surface area contributed by atoms with Gasteiger partial charge in [0, 0.05) is 56.2 Å². The molecule has 0 spiro atoms. The maximum atomic E-state index is 13.6. The number of nitrogens with zero attached hydrogens (tertiary/aromatic N) is 2. The Labute approximate surface area is 215 Å². The van der Waals surface area contributed by atoms with Gasteiger partial charge in [-0.3, -0.25) is 4.79 Å². The molecule has 2 N–H and O–H groups in total. The summed E-state index contributed by atoms with van der Waals surface area (Å²) >= 11 is 0. The molecule has 2 heterocycles. The first-order chi connectivity index (χ1) is 17.0. The molecule has 36 heavy (non-hydrogen) atoms. The van der Waals surface area contributed by atoms with Crippen molar-refractivity contribution in [1.82, 2.24) is 9.80 Å². The molecular formula is C27H43N3O6. The maximum Gasteiger partial charge on any atom is 0.410 e. The SMILES string of the molecule is COc1ccc(C(=O)N(C[C@@H]2CN(C(=O)OC(C)(C)C)C[C@@H]2N)C(C)C)cc1OCCC1CCCO1. The van der Waals surface area contributed by atoms with E-state index in [1.807, 2.05) is 34.6 Å². The molecule has 1 unspecified atom stereocenters. The van der Waals surface area contributed by atoms with Crippen LogP contribution in [0.1, 0.15) is 64.2 Å². The number of nitrogens with two attached hydrogens (primary N) is 1. The van der Waals surface area contributed by atoms with Gasteiger partial charge in [0.15, 0.2) is 11.5 Å². The van der Waals surface area contributed by atoms with Crippen LogP contribution in [0.4, 0.5) is 4.79 Å². The van der Waals surface area contributed by atoms with Gasteiger partial charge in [0.1, 0.15) is 5.60 Å². The number of rotatable bonds is 9. The second-order valence-electron chi connectivity index (χ2n) is 11.0. The Morgan fingerprint density at radius 3 is 2.58 bits per heavy atom. The van der Waals surface area contributed by atoms with Gasteiger partial charge in [-0.2, -0.15) is 0 Å². The van der Waals surface area contributed by atoms with Crippen molar-refractivity contribution in [3.05, 3.63) is 23.8 Å². The lowest BCUT2D eigenvalue weighted by molar-refractivity contribution is 0.0284. The van der Waals surface area contributed by atoms with E-state index in [2.05, 4.69) is 0 Å². The lowest BCUT2D eigenvalue weighted by Gasteiger charge is -2.31. The Morgan fingerprint density at radius 1 is 1.22 bits per heavy atom. The zero-order chi connectivity index (χ0) is 26.5. The third kappa shape index (κ3) is 7.49. The highest BCUT2D eigenvalue weighted by atomic mass is 16.6. The van der Waals surface area contributed by atoms with E-state index in [0.29, 0.717) is 43.3 Å². The van der Waals surface area contributed by atoms with Gasteiger partial charge in [-0.15, -0.1) is 0 Å². The molecule has 2 saturated heterocycles. The van der Waals surface area contributed by atoms with Crippen LogP contribution in [-0.4, -0.2) is 85.5 Å². The van der Waals surface area contributed by atoms with Crippen LogP contribution in [0.25, 0.3) is 0 Å². The number of benzene rings is 1. The number of amides is 2. The minimum absolute atomic E-state index is 0.0498.